The van der Waals surface area contributed by atoms with Gasteiger partial charge in [0.05, 0.1) is 22.5 Å². The zero-order valence-electron chi connectivity index (χ0n) is 21.1. The Morgan fingerprint density at radius 3 is 1.17 bits per heavy atom. The van der Waals surface area contributed by atoms with Crippen molar-refractivity contribution in [2.24, 2.45) is 0 Å². The molecule has 0 aliphatic carbocycles. The van der Waals surface area contributed by atoms with E-state index in [-0.39, 0.29) is 22.5 Å². The molecule has 0 atom stereocenters. The van der Waals surface area contributed by atoms with Crippen molar-refractivity contribution >= 4 is 35.4 Å². The van der Waals surface area contributed by atoms with Gasteiger partial charge in [-0.3, -0.25) is 9.59 Å². The lowest BCUT2D eigenvalue weighted by atomic mass is 10.0. The number of ether oxygens (including phenoxy) is 2. The standard InChI is InChI=1S/C28H28N2O6/c1-27(2,3)35-25(33)29-21(17-13-9-7-10-14-17)19-20(23(29)31)22(18-15-11-8-12-16-18)30(24(19)32)26(34)36-28(4,5)6/h7-16H,1-6H3. The summed E-state index contributed by atoms with van der Waals surface area (Å²) in [5.41, 5.74) is -0.843. The third-order valence-electron chi connectivity index (χ3n) is 5.25. The smallest absolute Gasteiger partial charge is 0.422 e. The topological polar surface area (TPSA) is 93.2 Å². The normalized spacial score (nSPS) is 16.1. The molecule has 0 unspecified atom stereocenters. The van der Waals surface area contributed by atoms with E-state index in [1.807, 2.05) is 0 Å². The molecule has 0 fully saturated rings. The van der Waals surface area contributed by atoms with Crippen molar-refractivity contribution < 1.29 is 28.7 Å². The van der Waals surface area contributed by atoms with Gasteiger partial charge in [0.2, 0.25) is 0 Å². The predicted octanol–water partition coefficient (Wildman–Crippen LogP) is 5.36. The van der Waals surface area contributed by atoms with Gasteiger partial charge in [-0.1, -0.05) is 60.7 Å². The van der Waals surface area contributed by atoms with Crippen LogP contribution in [0.3, 0.4) is 0 Å². The number of benzene rings is 2. The maximum Gasteiger partial charge on any atom is 0.422 e. The molecule has 0 saturated carbocycles. The summed E-state index contributed by atoms with van der Waals surface area (Å²) < 4.78 is 11.0. The monoisotopic (exact) mass is 488 g/mol. The Morgan fingerprint density at radius 2 is 0.889 bits per heavy atom. The Hall–Kier alpha value is -4.20. The van der Waals surface area contributed by atoms with Gasteiger partial charge in [-0.2, -0.15) is 0 Å². The Bertz CT molecular complexity index is 1210. The molecule has 4 rings (SSSR count). The van der Waals surface area contributed by atoms with Crippen LogP contribution in [0, 0.1) is 0 Å². The lowest BCUT2D eigenvalue weighted by Crippen LogP contribution is -2.40. The second-order valence-electron chi connectivity index (χ2n) is 10.4. The fourth-order valence-electron chi connectivity index (χ4n) is 4.01. The zero-order chi connectivity index (χ0) is 26.4. The van der Waals surface area contributed by atoms with Crippen molar-refractivity contribution in [2.45, 2.75) is 52.7 Å². The summed E-state index contributed by atoms with van der Waals surface area (Å²) in [5, 5.41) is 0. The summed E-state index contributed by atoms with van der Waals surface area (Å²) in [6.07, 6.45) is -1.82. The highest BCUT2D eigenvalue weighted by Crippen LogP contribution is 2.47. The SMILES string of the molecule is CC(C)(C)OC(=O)N1C(=O)C2=C(c3ccccc3)N(C(=O)OC(C)(C)C)C(=O)C2=C1c1ccccc1. The first-order valence-corrected chi connectivity index (χ1v) is 11.5. The molecule has 2 aliphatic heterocycles. The fourth-order valence-corrected chi connectivity index (χ4v) is 4.01. The zero-order valence-corrected chi connectivity index (χ0v) is 21.1. The van der Waals surface area contributed by atoms with E-state index in [9.17, 15) is 19.2 Å². The van der Waals surface area contributed by atoms with Crippen molar-refractivity contribution in [1.82, 2.24) is 9.80 Å². The van der Waals surface area contributed by atoms with Crippen molar-refractivity contribution in [1.29, 1.82) is 0 Å². The molecule has 36 heavy (non-hydrogen) atoms. The summed E-state index contributed by atoms with van der Waals surface area (Å²) >= 11 is 0. The third kappa shape index (κ3) is 4.54. The molecule has 4 amide bonds. The summed E-state index contributed by atoms with van der Waals surface area (Å²) in [6.45, 7) is 10.1. The molecule has 0 N–H and O–H groups in total. The summed E-state index contributed by atoms with van der Waals surface area (Å²) in [7, 11) is 0. The number of rotatable bonds is 2. The number of amides is 4. The molecule has 0 bridgehead atoms. The number of hydrogen-bond acceptors (Lipinski definition) is 6. The van der Waals surface area contributed by atoms with Crippen molar-refractivity contribution in [2.75, 3.05) is 0 Å². The van der Waals surface area contributed by atoms with E-state index in [1.54, 1.807) is 102 Å². The minimum absolute atomic E-state index is 0.0539. The van der Waals surface area contributed by atoms with Crippen LogP contribution < -0.4 is 0 Å². The predicted molar refractivity (Wildman–Crippen MR) is 133 cm³/mol. The first kappa shape index (κ1) is 24.9. The van der Waals surface area contributed by atoms with E-state index in [0.717, 1.165) is 9.80 Å². The van der Waals surface area contributed by atoms with Crippen LogP contribution in [0.4, 0.5) is 9.59 Å². The van der Waals surface area contributed by atoms with Gasteiger partial charge in [0.25, 0.3) is 11.8 Å². The number of carbonyl (C=O) groups is 4. The van der Waals surface area contributed by atoms with Crippen LogP contribution >= 0.6 is 0 Å². The van der Waals surface area contributed by atoms with E-state index in [2.05, 4.69) is 0 Å². The maximum absolute atomic E-state index is 13.9. The molecule has 8 nitrogen and oxygen atoms in total. The van der Waals surface area contributed by atoms with Crippen LogP contribution in [0.25, 0.3) is 11.4 Å². The van der Waals surface area contributed by atoms with Crippen LogP contribution in [0.1, 0.15) is 52.7 Å². The minimum Gasteiger partial charge on any atom is -0.443 e. The molecule has 0 spiro atoms. The molecule has 186 valence electrons. The molecule has 0 saturated heterocycles. The second-order valence-corrected chi connectivity index (χ2v) is 10.4. The lowest BCUT2D eigenvalue weighted by Gasteiger charge is -2.27. The molecular formula is C28H28N2O6. The highest BCUT2D eigenvalue weighted by atomic mass is 16.6. The van der Waals surface area contributed by atoms with E-state index < -0.39 is 35.2 Å². The van der Waals surface area contributed by atoms with Gasteiger partial charge in [-0.05, 0) is 52.7 Å². The summed E-state index contributed by atoms with van der Waals surface area (Å²) in [6, 6.07) is 17.2. The largest absolute Gasteiger partial charge is 0.443 e. The number of carbonyl (C=O) groups excluding carboxylic acids is 4. The van der Waals surface area contributed by atoms with Gasteiger partial charge in [-0.25, -0.2) is 19.4 Å². The average Bonchev–Trinajstić information content (AvgIpc) is 3.25. The number of fused-ring (bicyclic) bond motifs is 1. The molecular weight excluding hydrogens is 460 g/mol. The Labute approximate surface area is 209 Å². The van der Waals surface area contributed by atoms with Crippen molar-refractivity contribution in [3.63, 3.8) is 0 Å². The molecule has 0 aromatic heterocycles. The molecule has 2 aromatic carbocycles. The molecule has 0 radical (unpaired) electrons. The van der Waals surface area contributed by atoms with Gasteiger partial charge in [-0.15, -0.1) is 0 Å². The van der Waals surface area contributed by atoms with Gasteiger partial charge in [0.15, 0.2) is 0 Å². The molecule has 2 aromatic rings. The van der Waals surface area contributed by atoms with Crippen LogP contribution in [0.2, 0.25) is 0 Å². The van der Waals surface area contributed by atoms with E-state index in [1.165, 1.54) is 0 Å². The van der Waals surface area contributed by atoms with E-state index in [4.69, 9.17) is 9.47 Å². The Balaban J connectivity index is 2.00. The molecule has 2 aliphatic rings. The van der Waals surface area contributed by atoms with E-state index >= 15 is 0 Å². The summed E-state index contributed by atoms with van der Waals surface area (Å²) in [5.74, 6) is -1.51. The van der Waals surface area contributed by atoms with Gasteiger partial charge in [0.1, 0.15) is 11.2 Å². The highest BCUT2D eigenvalue weighted by Gasteiger charge is 2.54. The van der Waals surface area contributed by atoms with Crippen LogP contribution in [0.5, 0.6) is 0 Å². The van der Waals surface area contributed by atoms with Crippen LogP contribution in [-0.4, -0.2) is 45.0 Å². The van der Waals surface area contributed by atoms with Gasteiger partial charge in [0, 0.05) is 0 Å². The van der Waals surface area contributed by atoms with Gasteiger partial charge < -0.3 is 9.47 Å². The number of nitrogens with zero attached hydrogens (tertiary/aromatic N) is 2. The Morgan fingerprint density at radius 1 is 0.583 bits per heavy atom. The Kier molecular flexibility index (Phi) is 6.08. The fraction of sp³-hybridized carbons (Fsp3) is 0.286. The van der Waals surface area contributed by atoms with E-state index in [0.29, 0.717) is 11.1 Å². The lowest BCUT2D eigenvalue weighted by molar-refractivity contribution is -0.123. The minimum atomic E-state index is -0.912. The maximum atomic E-state index is 13.9. The number of imide groups is 2. The second kappa shape index (κ2) is 8.78. The van der Waals surface area contributed by atoms with Gasteiger partial charge >= 0.3 is 12.2 Å². The van der Waals surface area contributed by atoms with Crippen LogP contribution in [0.15, 0.2) is 71.8 Å². The quantitative estimate of drug-likeness (QED) is 0.565. The molecule has 2 heterocycles. The van der Waals surface area contributed by atoms with Crippen LogP contribution in [-0.2, 0) is 19.1 Å². The summed E-state index contributed by atoms with van der Waals surface area (Å²) in [4.78, 5) is 56.0. The average molecular weight is 489 g/mol. The first-order chi connectivity index (χ1) is 16.8. The molecule has 8 heteroatoms. The number of hydrogen-bond donors (Lipinski definition) is 0. The highest BCUT2D eigenvalue weighted by molar-refractivity contribution is 6.35. The van der Waals surface area contributed by atoms with Crippen molar-refractivity contribution in [3.05, 3.63) is 82.9 Å². The third-order valence-corrected chi connectivity index (χ3v) is 5.25. The first-order valence-electron chi connectivity index (χ1n) is 11.5. The van der Waals surface area contributed by atoms with Crippen molar-refractivity contribution in [3.8, 4) is 0 Å².